The second kappa shape index (κ2) is 5.97. The number of rotatable bonds is 4. The number of methoxy groups -OCH3 is 1. The molecule has 1 aromatic carbocycles. The number of aromatic nitrogens is 1. The molecule has 6 nitrogen and oxygen atoms in total. The molecule has 0 aliphatic heterocycles. The zero-order chi connectivity index (χ0) is 15.6. The van der Waals surface area contributed by atoms with Crippen LogP contribution in [0.25, 0.3) is 0 Å². The molecule has 2 aromatic rings. The summed E-state index contributed by atoms with van der Waals surface area (Å²) in [7, 11) is -2.50. The third-order valence-corrected chi connectivity index (χ3v) is 4.79. The van der Waals surface area contributed by atoms with Gasteiger partial charge in [-0.25, -0.2) is 13.4 Å². The zero-order valence-electron chi connectivity index (χ0n) is 10.8. The highest BCUT2D eigenvalue weighted by Crippen LogP contribution is 2.33. The molecule has 21 heavy (non-hydrogen) atoms. The zero-order valence-corrected chi connectivity index (χ0v) is 13.1. The largest absolute Gasteiger partial charge is 0.481 e. The molecule has 2 rings (SSSR count). The van der Waals surface area contributed by atoms with E-state index in [1.807, 2.05) is 0 Å². The highest BCUT2D eigenvalue weighted by Gasteiger charge is 2.22. The minimum Gasteiger partial charge on any atom is -0.481 e. The number of sulfonamides is 1. The molecular weight excluding hydrogens is 337 g/mol. The Bertz CT molecular complexity index is 741. The van der Waals surface area contributed by atoms with E-state index < -0.39 is 10.0 Å². The van der Waals surface area contributed by atoms with Gasteiger partial charge in [0.05, 0.1) is 29.0 Å². The van der Waals surface area contributed by atoms with E-state index in [0.717, 1.165) is 0 Å². The van der Waals surface area contributed by atoms with Crippen molar-refractivity contribution >= 4 is 44.6 Å². The molecule has 1 aromatic heterocycles. The predicted molar refractivity (Wildman–Crippen MR) is 82.5 cm³/mol. The number of nitrogens with zero attached hydrogens (tertiary/aromatic N) is 1. The Labute approximate surface area is 131 Å². The first-order valence-corrected chi connectivity index (χ1v) is 7.85. The van der Waals surface area contributed by atoms with E-state index in [1.165, 1.54) is 37.6 Å². The summed E-state index contributed by atoms with van der Waals surface area (Å²) in [6, 6.07) is 5.65. The third-order valence-electron chi connectivity index (χ3n) is 2.49. The number of hydrogen-bond acceptors (Lipinski definition) is 5. The number of halogens is 2. The van der Waals surface area contributed by atoms with Crippen LogP contribution in [0.15, 0.2) is 35.4 Å². The van der Waals surface area contributed by atoms with Gasteiger partial charge in [-0.3, -0.25) is 4.72 Å². The molecule has 0 spiro atoms. The van der Waals surface area contributed by atoms with Crippen LogP contribution in [0.2, 0.25) is 10.0 Å². The summed E-state index contributed by atoms with van der Waals surface area (Å²) >= 11 is 11.8. The average Bonchev–Trinajstić information content (AvgIpc) is 2.37. The van der Waals surface area contributed by atoms with Crippen molar-refractivity contribution in [1.29, 1.82) is 0 Å². The van der Waals surface area contributed by atoms with Crippen molar-refractivity contribution in [2.75, 3.05) is 17.6 Å². The van der Waals surface area contributed by atoms with Gasteiger partial charge in [0.15, 0.2) is 0 Å². The fourth-order valence-corrected chi connectivity index (χ4v) is 3.88. The van der Waals surface area contributed by atoms with Crippen molar-refractivity contribution in [2.45, 2.75) is 4.90 Å². The van der Waals surface area contributed by atoms with E-state index >= 15 is 0 Å². The summed E-state index contributed by atoms with van der Waals surface area (Å²) in [5, 5.41) is -0.122. The predicted octanol–water partition coefficient (Wildman–Crippen LogP) is 2.78. The van der Waals surface area contributed by atoms with E-state index in [0.29, 0.717) is 5.88 Å². The summed E-state index contributed by atoms with van der Waals surface area (Å²) in [6.45, 7) is 0. The first kappa shape index (κ1) is 15.7. The molecule has 0 saturated carbocycles. The molecule has 0 unspecified atom stereocenters. The number of nitrogens with one attached hydrogen (secondary N) is 1. The summed E-state index contributed by atoms with van der Waals surface area (Å²) in [5.41, 5.74) is 6.07. The second-order valence-electron chi connectivity index (χ2n) is 4.01. The van der Waals surface area contributed by atoms with Gasteiger partial charge in [-0.15, -0.1) is 0 Å². The SMILES string of the molecule is COc1ccc(NS(=O)(=O)c2c(Cl)cc(N)cc2Cl)cn1. The van der Waals surface area contributed by atoms with Crippen molar-refractivity contribution in [1.82, 2.24) is 4.98 Å². The Morgan fingerprint density at radius 1 is 1.24 bits per heavy atom. The molecule has 0 radical (unpaired) electrons. The lowest BCUT2D eigenvalue weighted by Gasteiger charge is -2.11. The molecule has 0 atom stereocenters. The summed E-state index contributed by atoms with van der Waals surface area (Å²) in [5.74, 6) is 0.362. The van der Waals surface area contributed by atoms with Crippen molar-refractivity contribution in [3.8, 4) is 5.88 Å². The standard InChI is InChI=1S/C12H11Cl2N3O3S/c1-20-11-3-2-8(6-16-11)17-21(18,19)12-9(13)4-7(15)5-10(12)14/h2-6,17H,15H2,1H3. The van der Waals surface area contributed by atoms with Gasteiger partial charge in [-0.2, -0.15) is 0 Å². The van der Waals surface area contributed by atoms with Gasteiger partial charge in [0, 0.05) is 11.8 Å². The fourth-order valence-electron chi connectivity index (χ4n) is 1.60. The highest BCUT2D eigenvalue weighted by molar-refractivity contribution is 7.93. The van der Waals surface area contributed by atoms with E-state index in [9.17, 15) is 8.42 Å². The van der Waals surface area contributed by atoms with Crippen LogP contribution >= 0.6 is 23.2 Å². The minimum absolute atomic E-state index is 0.0611. The lowest BCUT2D eigenvalue weighted by Crippen LogP contribution is -2.14. The lowest BCUT2D eigenvalue weighted by atomic mass is 10.3. The first-order valence-electron chi connectivity index (χ1n) is 5.61. The summed E-state index contributed by atoms with van der Waals surface area (Å²) in [4.78, 5) is 3.66. The van der Waals surface area contributed by atoms with Gasteiger partial charge < -0.3 is 10.5 Å². The van der Waals surface area contributed by atoms with Crippen LogP contribution in [0.3, 0.4) is 0 Å². The van der Waals surface area contributed by atoms with E-state index in [1.54, 1.807) is 0 Å². The van der Waals surface area contributed by atoms with Crippen LogP contribution in [0.4, 0.5) is 11.4 Å². The van der Waals surface area contributed by atoms with Gasteiger partial charge in [-0.05, 0) is 18.2 Å². The molecule has 0 amide bonds. The van der Waals surface area contributed by atoms with Crippen LogP contribution in [0, 0.1) is 0 Å². The van der Waals surface area contributed by atoms with Crippen molar-refractivity contribution in [3.63, 3.8) is 0 Å². The molecule has 112 valence electrons. The summed E-state index contributed by atoms with van der Waals surface area (Å²) < 4.78 is 31.9. The molecule has 0 fully saturated rings. The highest BCUT2D eigenvalue weighted by atomic mass is 35.5. The molecule has 9 heteroatoms. The molecule has 0 aliphatic rings. The van der Waals surface area contributed by atoms with Crippen LogP contribution < -0.4 is 15.2 Å². The smallest absolute Gasteiger partial charge is 0.264 e. The lowest BCUT2D eigenvalue weighted by molar-refractivity contribution is 0.398. The van der Waals surface area contributed by atoms with Gasteiger partial charge in [0.1, 0.15) is 4.90 Å². The number of pyridine rings is 1. The average molecular weight is 348 g/mol. The van der Waals surface area contributed by atoms with Crippen LogP contribution in [-0.4, -0.2) is 20.5 Å². The number of benzene rings is 1. The Hall–Kier alpha value is -1.70. The second-order valence-corrected chi connectivity index (χ2v) is 6.44. The van der Waals surface area contributed by atoms with Gasteiger partial charge in [0.25, 0.3) is 10.0 Å². The minimum atomic E-state index is -3.96. The van der Waals surface area contributed by atoms with Gasteiger partial charge in [0.2, 0.25) is 5.88 Å². The molecule has 3 N–H and O–H groups in total. The number of nitrogens with two attached hydrogens (primary N) is 1. The Morgan fingerprint density at radius 2 is 1.86 bits per heavy atom. The number of ether oxygens (including phenoxy) is 1. The molecule has 1 heterocycles. The third kappa shape index (κ3) is 3.49. The topological polar surface area (TPSA) is 94.3 Å². The Balaban J connectivity index is 2.38. The van der Waals surface area contributed by atoms with Crippen LogP contribution in [0.1, 0.15) is 0 Å². The van der Waals surface area contributed by atoms with Crippen molar-refractivity contribution in [2.24, 2.45) is 0 Å². The Morgan fingerprint density at radius 3 is 2.33 bits per heavy atom. The van der Waals surface area contributed by atoms with E-state index in [4.69, 9.17) is 33.7 Å². The number of nitrogen functional groups attached to an aromatic ring is 1. The molecule has 0 saturated heterocycles. The maximum Gasteiger partial charge on any atom is 0.264 e. The van der Waals surface area contributed by atoms with E-state index in [-0.39, 0.29) is 26.3 Å². The quantitative estimate of drug-likeness (QED) is 0.829. The fraction of sp³-hybridized carbons (Fsp3) is 0.0833. The van der Waals surface area contributed by atoms with Crippen LogP contribution in [-0.2, 0) is 10.0 Å². The monoisotopic (exact) mass is 347 g/mol. The maximum atomic E-state index is 12.3. The molecule has 0 bridgehead atoms. The Kier molecular flexibility index (Phi) is 4.46. The number of hydrogen-bond donors (Lipinski definition) is 2. The van der Waals surface area contributed by atoms with Crippen molar-refractivity contribution < 1.29 is 13.2 Å². The number of anilines is 2. The van der Waals surface area contributed by atoms with Gasteiger partial charge >= 0.3 is 0 Å². The van der Waals surface area contributed by atoms with Gasteiger partial charge in [-0.1, -0.05) is 23.2 Å². The summed E-state index contributed by atoms with van der Waals surface area (Å²) in [6.07, 6.45) is 1.31. The first-order chi connectivity index (χ1) is 9.83. The molecule has 0 aliphatic carbocycles. The normalized spacial score (nSPS) is 11.2. The maximum absolute atomic E-state index is 12.3. The molecular formula is C12H11Cl2N3O3S. The van der Waals surface area contributed by atoms with Crippen molar-refractivity contribution in [3.05, 3.63) is 40.5 Å². The van der Waals surface area contributed by atoms with E-state index in [2.05, 4.69) is 9.71 Å². The van der Waals surface area contributed by atoms with Crippen LogP contribution in [0.5, 0.6) is 5.88 Å².